The first-order valence-corrected chi connectivity index (χ1v) is 9.66. The molecule has 0 heterocycles. The normalized spacial score (nSPS) is 11.1. The molecule has 3 N–H and O–H groups in total. The molecular formula is C23H26N2O5. The van der Waals surface area contributed by atoms with Crippen molar-refractivity contribution in [3.8, 4) is 5.75 Å². The van der Waals surface area contributed by atoms with Gasteiger partial charge in [-0.05, 0) is 41.8 Å². The molecule has 7 nitrogen and oxygen atoms in total. The number of amides is 2. The van der Waals surface area contributed by atoms with E-state index in [-0.39, 0.29) is 18.7 Å². The summed E-state index contributed by atoms with van der Waals surface area (Å²) in [5.41, 5.74) is 1.11. The largest absolute Gasteiger partial charge is 0.493 e. The van der Waals surface area contributed by atoms with Crippen molar-refractivity contribution in [2.75, 3.05) is 13.2 Å². The van der Waals surface area contributed by atoms with Gasteiger partial charge in [-0.1, -0.05) is 44.2 Å². The summed E-state index contributed by atoms with van der Waals surface area (Å²) < 4.78 is 5.61. The van der Waals surface area contributed by atoms with Gasteiger partial charge in [0.2, 0.25) is 0 Å². The highest BCUT2D eigenvalue weighted by Crippen LogP contribution is 2.14. The van der Waals surface area contributed by atoms with Gasteiger partial charge in [-0.25, -0.2) is 0 Å². The number of benzene rings is 2. The highest BCUT2D eigenvalue weighted by atomic mass is 16.5. The van der Waals surface area contributed by atoms with E-state index in [9.17, 15) is 14.4 Å². The van der Waals surface area contributed by atoms with Crippen LogP contribution in [0, 0.1) is 5.92 Å². The molecule has 2 aromatic rings. The molecule has 0 unspecified atom stereocenters. The van der Waals surface area contributed by atoms with Crippen molar-refractivity contribution in [1.29, 1.82) is 0 Å². The van der Waals surface area contributed by atoms with E-state index in [0.717, 1.165) is 5.56 Å². The number of carbonyl (C=O) groups excluding carboxylic acids is 2. The quantitative estimate of drug-likeness (QED) is 0.522. The van der Waals surface area contributed by atoms with Crippen molar-refractivity contribution < 1.29 is 24.2 Å². The fourth-order valence-electron chi connectivity index (χ4n) is 2.41. The molecular weight excluding hydrogens is 384 g/mol. The number of carbonyl (C=O) groups is 3. The second-order valence-corrected chi connectivity index (χ2v) is 7.05. The van der Waals surface area contributed by atoms with Gasteiger partial charge in [0.05, 0.1) is 13.0 Å². The fourth-order valence-corrected chi connectivity index (χ4v) is 2.41. The summed E-state index contributed by atoms with van der Waals surface area (Å²) in [7, 11) is 0. The van der Waals surface area contributed by atoms with Crippen LogP contribution in [0.25, 0.3) is 6.08 Å². The van der Waals surface area contributed by atoms with Gasteiger partial charge < -0.3 is 20.5 Å². The zero-order chi connectivity index (χ0) is 21.9. The van der Waals surface area contributed by atoms with E-state index in [4.69, 9.17) is 9.84 Å². The first-order chi connectivity index (χ1) is 14.3. The van der Waals surface area contributed by atoms with Crippen molar-refractivity contribution in [2.45, 2.75) is 20.3 Å². The second-order valence-electron chi connectivity index (χ2n) is 7.05. The highest BCUT2D eigenvalue weighted by Gasteiger charge is 2.15. The Morgan fingerprint density at radius 1 is 1.03 bits per heavy atom. The lowest BCUT2D eigenvalue weighted by molar-refractivity contribution is -0.136. The van der Waals surface area contributed by atoms with Gasteiger partial charge in [0.15, 0.2) is 0 Å². The molecule has 7 heteroatoms. The van der Waals surface area contributed by atoms with Gasteiger partial charge >= 0.3 is 5.97 Å². The van der Waals surface area contributed by atoms with Gasteiger partial charge in [-0.15, -0.1) is 0 Å². The zero-order valence-electron chi connectivity index (χ0n) is 17.1. The van der Waals surface area contributed by atoms with Crippen LogP contribution in [0.2, 0.25) is 0 Å². The third-order valence-electron chi connectivity index (χ3n) is 3.93. The molecule has 0 saturated carbocycles. The molecule has 0 bridgehead atoms. The molecule has 0 saturated heterocycles. The van der Waals surface area contributed by atoms with E-state index in [1.54, 1.807) is 36.4 Å². The van der Waals surface area contributed by atoms with E-state index in [1.807, 2.05) is 32.0 Å². The number of nitrogens with one attached hydrogen (secondary N) is 2. The summed E-state index contributed by atoms with van der Waals surface area (Å²) in [6.45, 7) is 4.62. The molecule has 2 amide bonds. The van der Waals surface area contributed by atoms with E-state index >= 15 is 0 Å². The molecule has 0 aliphatic heterocycles. The second kappa shape index (κ2) is 11.4. The molecule has 158 valence electrons. The summed E-state index contributed by atoms with van der Waals surface area (Å²) in [5.74, 6) is -0.996. The van der Waals surface area contributed by atoms with E-state index in [1.165, 1.54) is 6.08 Å². The summed E-state index contributed by atoms with van der Waals surface area (Å²) in [6.07, 6.45) is 1.32. The van der Waals surface area contributed by atoms with Crippen LogP contribution in [0.5, 0.6) is 5.75 Å². The van der Waals surface area contributed by atoms with Crippen molar-refractivity contribution in [2.24, 2.45) is 5.92 Å². The number of hydrogen-bond donors (Lipinski definition) is 3. The summed E-state index contributed by atoms with van der Waals surface area (Å²) >= 11 is 0. The maximum Gasteiger partial charge on any atom is 0.305 e. The molecule has 0 radical (unpaired) electrons. The Morgan fingerprint density at radius 3 is 2.30 bits per heavy atom. The van der Waals surface area contributed by atoms with Crippen LogP contribution in [-0.2, 0) is 9.59 Å². The van der Waals surface area contributed by atoms with Crippen LogP contribution in [0.15, 0.2) is 60.3 Å². The predicted molar refractivity (Wildman–Crippen MR) is 114 cm³/mol. The van der Waals surface area contributed by atoms with E-state index < -0.39 is 17.8 Å². The first kappa shape index (κ1) is 22.7. The maximum absolute atomic E-state index is 12.6. The van der Waals surface area contributed by atoms with Gasteiger partial charge in [-0.2, -0.15) is 0 Å². The number of hydrogen-bond acceptors (Lipinski definition) is 4. The van der Waals surface area contributed by atoms with Crippen molar-refractivity contribution in [3.63, 3.8) is 0 Å². The van der Waals surface area contributed by atoms with Crippen LogP contribution in [0.3, 0.4) is 0 Å². The summed E-state index contributed by atoms with van der Waals surface area (Å²) in [4.78, 5) is 35.8. The molecule has 0 fully saturated rings. The number of aliphatic carboxylic acids is 1. The van der Waals surface area contributed by atoms with Crippen LogP contribution in [-0.4, -0.2) is 36.0 Å². The number of carboxylic acids is 1. The Bertz CT molecular complexity index is 890. The molecule has 0 aromatic heterocycles. The van der Waals surface area contributed by atoms with Crippen LogP contribution in [0.4, 0.5) is 0 Å². The maximum atomic E-state index is 12.6. The minimum absolute atomic E-state index is 0.0247. The van der Waals surface area contributed by atoms with Crippen LogP contribution >= 0.6 is 0 Å². The lowest BCUT2D eigenvalue weighted by atomic mass is 10.1. The molecule has 2 aromatic carbocycles. The highest BCUT2D eigenvalue weighted by molar-refractivity contribution is 6.05. The van der Waals surface area contributed by atoms with Crippen molar-refractivity contribution >= 4 is 23.9 Å². The molecule has 0 atom stereocenters. The average molecular weight is 410 g/mol. The third-order valence-corrected chi connectivity index (χ3v) is 3.93. The Kier molecular flexibility index (Phi) is 8.62. The van der Waals surface area contributed by atoms with Crippen molar-refractivity contribution in [3.05, 3.63) is 71.4 Å². The Hall–Kier alpha value is -3.61. The SMILES string of the molecule is CC(C)COc1ccc(C(=O)N/C(=C\c2ccccc2)C(=O)NCCC(=O)O)cc1. The molecule has 2 rings (SSSR count). The van der Waals surface area contributed by atoms with Crippen LogP contribution in [0.1, 0.15) is 36.2 Å². The summed E-state index contributed by atoms with van der Waals surface area (Å²) in [5, 5.41) is 13.9. The topological polar surface area (TPSA) is 105 Å². The number of carboxylic acid groups (broad SMARTS) is 1. The van der Waals surface area contributed by atoms with E-state index in [2.05, 4.69) is 10.6 Å². The van der Waals surface area contributed by atoms with Gasteiger partial charge in [-0.3, -0.25) is 14.4 Å². The molecule has 0 aliphatic carbocycles. The number of ether oxygens (including phenoxy) is 1. The Balaban J connectivity index is 2.12. The predicted octanol–water partition coefficient (Wildman–Crippen LogP) is 3.08. The molecule has 0 aliphatic rings. The monoisotopic (exact) mass is 410 g/mol. The minimum Gasteiger partial charge on any atom is -0.493 e. The Morgan fingerprint density at radius 2 is 1.70 bits per heavy atom. The Labute approximate surface area is 175 Å². The van der Waals surface area contributed by atoms with Gasteiger partial charge in [0, 0.05) is 12.1 Å². The first-order valence-electron chi connectivity index (χ1n) is 9.66. The molecule has 30 heavy (non-hydrogen) atoms. The van der Waals surface area contributed by atoms with Crippen LogP contribution < -0.4 is 15.4 Å². The zero-order valence-corrected chi connectivity index (χ0v) is 17.1. The smallest absolute Gasteiger partial charge is 0.305 e. The molecule has 0 spiro atoms. The van der Waals surface area contributed by atoms with Gasteiger partial charge in [0.25, 0.3) is 11.8 Å². The average Bonchev–Trinajstić information content (AvgIpc) is 2.72. The lowest BCUT2D eigenvalue weighted by Crippen LogP contribution is -2.35. The third kappa shape index (κ3) is 7.79. The standard InChI is InChI=1S/C23H26N2O5/c1-16(2)15-30-19-10-8-18(9-11-19)22(28)25-20(14-17-6-4-3-5-7-17)23(29)24-13-12-21(26)27/h3-11,14,16H,12-13,15H2,1-2H3,(H,24,29)(H,25,28)(H,26,27)/b20-14-. The lowest BCUT2D eigenvalue weighted by Gasteiger charge is -2.12. The van der Waals surface area contributed by atoms with Crippen molar-refractivity contribution in [1.82, 2.24) is 10.6 Å². The van der Waals surface area contributed by atoms with Gasteiger partial charge in [0.1, 0.15) is 11.4 Å². The minimum atomic E-state index is -1.02. The fraction of sp³-hybridized carbons (Fsp3) is 0.261. The summed E-state index contributed by atoms with van der Waals surface area (Å²) in [6, 6.07) is 15.7. The number of rotatable bonds is 10. The van der Waals surface area contributed by atoms with E-state index in [0.29, 0.717) is 23.8 Å².